The van der Waals surface area contributed by atoms with Crippen LogP contribution in [0.15, 0.2) is 18.2 Å². The molecule has 1 radical (unpaired) electrons. The van der Waals surface area contributed by atoms with E-state index >= 15 is 0 Å². The van der Waals surface area contributed by atoms with Crippen LogP contribution in [-0.4, -0.2) is 12.7 Å². The molecule has 0 heterocycles. The van der Waals surface area contributed by atoms with Gasteiger partial charge in [-0.2, -0.15) is 0 Å². The highest BCUT2D eigenvalue weighted by Gasteiger charge is 2.36. The second-order valence-corrected chi connectivity index (χ2v) is 6.20. The van der Waals surface area contributed by atoms with Gasteiger partial charge in [0.25, 0.3) is 0 Å². The largest absolute Gasteiger partial charge is 0.569 e. The fourth-order valence-electron chi connectivity index (χ4n) is 2.70. The van der Waals surface area contributed by atoms with Crippen molar-refractivity contribution >= 4 is 7.69 Å². The molecule has 0 saturated carbocycles. The van der Waals surface area contributed by atoms with E-state index in [1.54, 1.807) is 0 Å². The predicted octanol–water partition coefficient (Wildman–Crippen LogP) is 2.94. The zero-order valence-corrected chi connectivity index (χ0v) is 11.1. The molecule has 2 nitrogen and oxygen atoms in total. The maximum atomic E-state index is 8.71. The van der Waals surface area contributed by atoms with Crippen LogP contribution in [0, 0.1) is 0 Å². The summed E-state index contributed by atoms with van der Waals surface area (Å²) < 4.78 is 5.06. The monoisotopic (exact) mass is 231 g/mol. The number of fused-ring (bicyclic) bond motifs is 1. The average Bonchev–Trinajstić information content (AvgIpc) is 2.26. The Morgan fingerprint density at radius 3 is 2.24 bits per heavy atom. The van der Waals surface area contributed by atoms with Gasteiger partial charge in [-0.3, -0.25) is 0 Å². The SMILES string of the molecule is CC1(C)CCC(C)(C)c2cc(O[B]O)ccc21. The minimum absolute atomic E-state index is 0.180. The Morgan fingerprint density at radius 1 is 1.06 bits per heavy atom. The fourth-order valence-corrected chi connectivity index (χ4v) is 2.70. The summed E-state index contributed by atoms with van der Waals surface area (Å²) in [5, 5.41) is 8.71. The van der Waals surface area contributed by atoms with Gasteiger partial charge in [0, 0.05) is 0 Å². The number of hydrogen-bond donors (Lipinski definition) is 1. The Kier molecular flexibility index (Phi) is 2.98. The van der Waals surface area contributed by atoms with Gasteiger partial charge in [-0.05, 0) is 46.9 Å². The van der Waals surface area contributed by atoms with Crippen molar-refractivity contribution in [3.63, 3.8) is 0 Å². The third-order valence-electron chi connectivity index (χ3n) is 4.01. The molecule has 1 aromatic carbocycles. The zero-order chi connectivity index (χ0) is 12.7. The molecule has 0 unspecified atom stereocenters. The molecular formula is C14H20BO2. The first-order chi connectivity index (χ1) is 7.87. The van der Waals surface area contributed by atoms with Crippen molar-refractivity contribution in [2.24, 2.45) is 0 Å². The van der Waals surface area contributed by atoms with Crippen molar-refractivity contribution < 1.29 is 9.68 Å². The van der Waals surface area contributed by atoms with Crippen LogP contribution in [0.4, 0.5) is 0 Å². The molecular weight excluding hydrogens is 211 g/mol. The lowest BCUT2D eigenvalue weighted by Crippen LogP contribution is -2.33. The summed E-state index contributed by atoms with van der Waals surface area (Å²) in [5.74, 6) is 0.706. The molecule has 0 spiro atoms. The van der Waals surface area contributed by atoms with Gasteiger partial charge < -0.3 is 9.68 Å². The van der Waals surface area contributed by atoms with Crippen LogP contribution in [-0.2, 0) is 10.8 Å². The maximum absolute atomic E-state index is 8.71. The van der Waals surface area contributed by atoms with E-state index in [4.69, 9.17) is 9.68 Å². The van der Waals surface area contributed by atoms with E-state index in [0.717, 1.165) is 7.69 Å². The van der Waals surface area contributed by atoms with Crippen molar-refractivity contribution in [3.05, 3.63) is 29.3 Å². The van der Waals surface area contributed by atoms with Gasteiger partial charge in [0.1, 0.15) is 5.75 Å². The molecule has 1 aliphatic carbocycles. The summed E-state index contributed by atoms with van der Waals surface area (Å²) in [7, 11) is 0.739. The van der Waals surface area contributed by atoms with Crippen molar-refractivity contribution in [3.8, 4) is 5.75 Å². The van der Waals surface area contributed by atoms with Crippen LogP contribution < -0.4 is 4.65 Å². The molecule has 1 N–H and O–H groups in total. The van der Waals surface area contributed by atoms with Gasteiger partial charge >= 0.3 is 7.69 Å². The van der Waals surface area contributed by atoms with E-state index in [2.05, 4.69) is 39.8 Å². The molecule has 0 bridgehead atoms. The lowest BCUT2D eigenvalue weighted by molar-refractivity contribution is 0.330. The predicted molar refractivity (Wildman–Crippen MR) is 70.3 cm³/mol. The Labute approximate surface area is 104 Å². The van der Waals surface area contributed by atoms with Gasteiger partial charge in [0.2, 0.25) is 0 Å². The van der Waals surface area contributed by atoms with Gasteiger partial charge in [0.15, 0.2) is 0 Å². The smallest absolute Gasteiger partial charge is 0.537 e. The summed E-state index contributed by atoms with van der Waals surface area (Å²) >= 11 is 0. The lowest BCUT2D eigenvalue weighted by Gasteiger charge is -2.41. The Hall–Kier alpha value is -0.955. The summed E-state index contributed by atoms with van der Waals surface area (Å²) in [6.07, 6.45) is 2.39. The fraction of sp³-hybridized carbons (Fsp3) is 0.571. The topological polar surface area (TPSA) is 29.5 Å². The molecule has 0 aliphatic heterocycles. The number of rotatable bonds is 2. The molecule has 2 rings (SSSR count). The first kappa shape index (κ1) is 12.5. The Balaban J connectivity index is 2.52. The molecule has 0 aromatic heterocycles. The first-order valence-electron chi connectivity index (χ1n) is 6.14. The summed E-state index contributed by atoms with van der Waals surface area (Å²) in [5.41, 5.74) is 3.15. The second-order valence-electron chi connectivity index (χ2n) is 6.20. The van der Waals surface area contributed by atoms with Gasteiger partial charge in [-0.25, -0.2) is 0 Å². The standard InChI is InChI=1S/C14H20BO2/c1-13(2)7-8-14(3,4)12-9-10(17-15-16)5-6-11(12)13/h5-6,9,16H,7-8H2,1-4H3. The van der Waals surface area contributed by atoms with E-state index in [1.807, 2.05) is 6.07 Å². The summed E-state index contributed by atoms with van der Waals surface area (Å²) in [6.45, 7) is 9.13. The highest BCUT2D eigenvalue weighted by atomic mass is 16.5. The highest BCUT2D eigenvalue weighted by molar-refractivity contribution is 6.17. The molecule has 17 heavy (non-hydrogen) atoms. The second kappa shape index (κ2) is 4.06. The average molecular weight is 231 g/mol. The van der Waals surface area contributed by atoms with Crippen molar-refractivity contribution in [2.45, 2.75) is 51.4 Å². The normalized spacial score (nSPS) is 20.5. The van der Waals surface area contributed by atoms with E-state index < -0.39 is 0 Å². The van der Waals surface area contributed by atoms with E-state index in [0.29, 0.717) is 5.75 Å². The molecule has 0 fully saturated rings. The van der Waals surface area contributed by atoms with Gasteiger partial charge in [0.05, 0.1) is 0 Å². The van der Waals surface area contributed by atoms with Crippen LogP contribution in [0.25, 0.3) is 0 Å². The Bertz CT molecular complexity index is 424. The minimum Gasteiger partial charge on any atom is -0.537 e. The highest BCUT2D eigenvalue weighted by Crippen LogP contribution is 2.46. The third-order valence-corrected chi connectivity index (χ3v) is 4.01. The van der Waals surface area contributed by atoms with Crippen LogP contribution in [0.5, 0.6) is 5.75 Å². The molecule has 1 aliphatic rings. The van der Waals surface area contributed by atoms with Crippen LogP contribution in [0.3, 0.4) is 0 Å². The maximum Gasteiger partial charge on any atom is 0.569 e. The number of benzene rings is 1. The van der Waals surface area contributed by atoms with Crippen molar-refractivity contribution in [1.82, 2.24) is 0 Å². The molecule has 1 aromatic rings. The number of hydrogen-bond acceptors (Lipinski definition) is 2. The first-order valence-corrected chi connectivity index (χ1v) is 6.14. The third kappa shape index (κ3) is 2.21. The summed E-state index contributed by atoms with van der Waals surface area (Å²) in [4.78, 5) is 0. The van der Waals surface area contributed by atoms with Crippen molar-refractivity contribution in [1.29, 1.82) is 0 Å². The molecule has 0 saturated heterocycles. The van der Waals surface area contributed by atoms with Gasteiger partial charge in [-0.15, -0.1) is 0 Å². The summed E-state index contributed by atoms with van der Waals surface area (Å²) in [6, 6.07) is 6.12. The quantitative estimate of drug-likeness (QED) is 0.793. The Morgan fingerprint density at radius 2 is 1.65 bits per heavy atom. The zero-order valence-electron chi connectivity index (χ0n) is 11.1. The minimum atomic E-state index is 0.180. The van der Waals surface area contributed by atoms with E-state index in [1.165, 1.54) is 24.0 Å². The van der Waals surface area contributed by atoms with Crippen LogP contribution in [0.2, 0.25) is 0 Å². The van der Waals surface area contributed by atoms with Crippen LogP contribution >= 0.6 is 0 Å². The molecule has 91 valence electrons. The molecule has 0 atom stereocenters. The lowest BCUT2D eigenvalue weighted by atomic mass is 9.63. The van der Waals surface area contributed by atoms with Crippen LogP contribution in [0.1, 0.15) is 51.7 Å². The molecule has 0 amide bonds. The van der Waals surface area contributed by atoms with E-state index in [9.17, 15) is 0 Å². The van der Waals surface area contributed by atoms with Crippen molar-refractivity contribution in [2.75, 3.05) is 0 Å². The van der Waals surface area contributed by atoms with Gasteiger partial charge in [-0.1, -0.05) is 33.8 Å². The molecule has 3 heteroatoms. The van der Waals surface area contributed by atoms with E-state index in [-0.39, 0.29) is 10.8 Å².